The molecule has 6 aliphatic rings. The van der Waals surface area contributed by atoms with E-state index in [0.717, 1.165) is 17.9 Å². The van der Waals surface area contributed by atoms with Gasteiger partial charge in [0.25, 0.3) is 0 Å². The molecule has 1 heterocycles. The van der Waals surface area contributed by atoms with E-state index in [1.807, 2.05) is 13.8 Å². The van der Waals surface area contributed by atoms with E-state index in [1.54, 1.807) is 0 Å². The van der Waals surface area contributed by atoms with Gasteiger partial charge < -0.3 is 18.3 Å². The SMILES string of the molecule is C=C(O[Si](C)(C)C)C12CC3(C(=C)O[Si](C)(C)C)C1[C@H]1OC(C)(C)O[C@H]1C23. The molecule has 4 nitrogen and oxygen atoms in total. The van der Waals surface area contributed by atoms with E-state index in [9.17, 15) is 0 Å². The molecule has 0 spiro atoms. The Hall–Kier alpha value is -0.566. The maximum atomic E-state index is 6.38. The van der Waals surface area contributed by atoms with Gasteiger partial charge in [0.1, 0.15) is 0 Å². The van der Waals surface area contributed by atoms with Crippen molar-refractivity contribution in [3.8, 4) is 0 Å². The molecule has 0 aromatic heterocycles. The zero-order valence-corrected chi connectivity index (χ0v) is 19.6. The van der Waals surface area contributed by atoms with Crippen LogP contribution in [0.4, 0.5) is 0 Å². The quantitative estimate of drug-likeness (QED) is 0.475. The first-order valence-electron chi connectivity index (χ1n) is 9.77. The first kappa shape index (κ1) is 18.8. The molecule has 1 saturated heterocycles. The van der Waals surface area contributed by atoms with Crippen LogP contribution in [0.5, 0.6) is 0 Å². The summed E-state index contributed by atoms with van der Waals surface area (Å²) in [6.45, 7) is 26.1. The van der Waals surface area contributed by atoms with E-state index in [0.29, 0.717) is 11.8 Å². The van der Waals surface area contributed by atoms with Gasteiger partial charge >= 0.3 is 0 Å². The lowest BCUT2D eigenvalue weighted by Crippen LogP contribution is -2.77. The maximum absolute atomic E-state index is 6.38. The van der Waals surface area contributed by atoms with E-state index in [4.69, 9.17) is 18.3 Å². The first-order chi connectivity index (χ1) is 11.6. The summed E-state index contributed by atoms with van der Waals surface area (Å²) in [7, 11) is -3.40. The molecule has 5 saturated carbocycles. The van der Waals surface area contributed by atoms with Gasteiger partial charge in [-0.2, -0.15) is 0 Å². The number of hydrogen-bond acceptors (Lipinski definition) is 4. The molecule has 26 heavy (non-hydrogen) atoms. The molecule has 2 unspecified atom stereocenters. The molecule has 4 bridgehead atoms. The minimum absolute atomic E-state index is 0.0160. The molecule has 4 atom stereocenters. The van der Waals surface area contributed by atoms with Crippen LogP contribution in [0.25, 0.3) is 0 Å². The van der Waals surface area contributed by atoms with Gasteiger partial charge in [-0.25, -0.2) is 0 Å². The van der Waals surface area contributed by atoms with Crippen molar-refractivity contribution in [2.45, 2.75) is 77.5 Å². The largest absolute Gasteiger partial charge is 0.547 e. The fraction of sp³-hybridized carbons (Fsp3) is 0.800. The van der Waals surface area contributed by atoms with Crippen LogP contribution in [-0.4, -0.2) is 34.6 Å². The normalized spacial score (nSPS) is 44.6. The monoisotopic (exact) mass is 394 g/mol. The van der Waals surface area contributed by atoms with Crippen LogP contribution < -0.4 is 0 Å². The molecular formula is C20H34O4Si2. The highest BCUT2D eigenvalue weighted by Crippen LogP contribution is 2.92. The van der Waals surface area contributed by atoms with Crippen LogP contribution >= 0.6 is 0 Å². The zero-order chi connectivity index (χ0) is 19.5. The first-order valence-corrected chi connectivity index (χ1v) is 16.6. The lowest BCUT2D eigenvalue weighted by Gasteiger charge is -2.78. The molecule has 146 valence electrons. The number of allylic oxidation sites excluding steroid dienone is 2. The topological polar surface area (TPSA) is 36.9 Å². The summed E-state index contributed by atoms with van der Waals surface area (Å²) < 4.78 is 25.4. The minimum atomic E-state index is -1.70. The number of ether oxygens (including phenoxy) is 2. The summed E-state index contributed by atoms with van der Waals surface area (Å²) >= 11 is 0. The van der Waals surface area contributed by atoms with Crippen LogP contribution in [0.15, 0.2) is 24.7 Å². The molecule has 0 aromatic carbocycles. The van der Waals surface area contributed by atoms with E-state index >= 15 is 0 Å². The second-order valence-corrected chi connectivity index (χ2v) is 19.9. The third kappa shape index (κ3) is 2.19. The second-order valence-electron chi connectivity index (χ2n) is 11.1. The molecule has 0 aromatic rings. The van der Waals surface area contributed by atoms with Crippen molar-refractivity contribution in [3.05, 3.63) is 24.7 Å². The molecule has 5 aliphatic carbocycles. The summed E-state index contributed by atoms with van der Waals surface area (Å²) in [5.74, 6) is 2.03. The lowest BCUT2D eigenvalue weighted by atomic mass is 9.26. The van der Waals surface area contributed by atoms with Gasteiger partial charge in [0, 0.05) is 22.7 Å². The van der Waals surface area contributed by atoms with Crippen molar-refractivity contribution in [2.75, 3.05) is 0 Å². The Labute approximate surface area is 160 Å². The van der Waals surface area contributed by atoms with Crippen LogP contribution in [0.2, 0.25) is 39.3 Å². The summed E-state index contributed by atoms with van der Waals surface area (Å²) in [5.41, 5.74) is -0.0320. The van der Waals surface area contributed by atoms with E-state index < -0.39 is 22.4 Å². The standard InChI is InChI=1S/C20H34O4Si2/c1-12(23-25(5,6)7)19-11-20(13(2)24-26(8,9)10)16(19)14-15(17(19)20)22-18(3,4)21-14/h14-17H,1-2,11H2,3-10H3/t14-,15+,16?,17?,19?,20?. The Morgan fingerprint density at radius 2 is 1.15 bits per heavy atom. The van der Waals surface area contributed by atoms with Crippen molar-refractivity contribution < 1.29 is 18.3 Å². The molecule has 0 N–H and O–H groups in total. The Kier molecular flexibility index (Phi) is 3.53. The van der Waals surface area contributed by atoms with Crippen LogP contribution in [0, 0.1) is 22.7 Å². The Balaban J connectivity index is 1.65. The third-order valence-corrected chi connectivity index (χ3v) is 8.24. The highest BCUT2D eigenvalue weighted by molar-refractivity contribution is 6.70. The summed E-state index contributed by atoms with van der Waals surface area (Å²) in [6.07, 6.45) is 1.20. The zero-order valence-electron chi connectivity index (χ0n) is 17.6. The summed E-state index contributed by atoms with van der Waals surface area (Å²) in [6, 6.07) is 0. The van der Waals surface area contributed by atoms with Crippen LogP contribution in [0.1, 0.15) is 20.3 Å². The highest BCUT2D eigenvalue weighted by atomic mass is 28.4. The van der Waals surface area contributed by atoms with Crippen molar-refractivity contribution in [1.29, 1.82) is 0 Å². The van der Waals surface area contributed by atoms with Crippen LogP contribution in [-0.2, 0) is 18.3 Å². The number of rotatable bonds is 6. The molecule has 0 radical (unpaired) electrons. The molecule has 6 fully saturated rings. The van der Waals surface area contributed by atoms with E-state index in [2.05, 4.69) is 52.4 Å². The van der Waals surface area contributed by atoms with Crippen LogP contribution in [0.3, 0.4) is 0 Å². The van der Waals surface area contributed by atoms with Gasteiger partial charge in [-0.1, -0.05) is 13.2 Å². The Bertz CT molecular complexity index is 621. The number of hydrogen-bond donors (Lipinski definition) is 0. The van der Waals surface area contributed by atoms with E-state index in [1.165, 1.54) is 0 Å². The summed E-state index contributed by atoms with van der Waals surface area (Å²) in [4.78, 5) is 0. The fourth-order valence-electron chi connectivity index (χ4n) is 6.20. The Morgan fingerprint density at radius 1 is 0.808 bits per heavy atom. The van der Waals surface area contributed by atoms with Gasteiger partial charge in [-0.3, -0.25) is 0 Å². The van der Waals surface area contributed by atoms with E-state index in [-0.39, 0.29) is 23.0 Å². The van der Waals surface area contributed by atoms with Gasteiger partial charge in [0.15, 0.2) is 5.79 Å². The molecule has 6 rings (SSSR count). The summed E-state index contributed by atoms with van der Waals surface area (Å²) in [5, 5.41) is 0. The molecular weight excluding hydrogens is 360 g/mol. The maximum Gasteiger partial charge on any atom is 0.241 e. The second kappa shape index (κ2) is 4.88. The lowest BCUT2D eigenvalue weighted by molar-refractivity contribution is -0.331. The minimum Gasteiger partial charge on any atom is -0.547 e. The average molecular weight is 395 g/mol. The highest BCUT2D eigenvalue weighted by Gasteiger charge is 2.95. The van der Waals surface area contributed by atoms with Crippen molar-refractivity contribution in [2.24, 2.45) is 22.7 Å². The van der Waals surface area contributed by atoms with Gasteiger partial charge in [-0.05, 0) is 59.6 Å². The fourth-order valence-corrected chi connectivity index (χ4v) is 8.06. The van der Waals surface area contributed by atoms with Crippen molar-refractivity contribution >= 4 is 16.6 Å². The van der Waals surface area contributed by atoms with Gasteiger partial charge in [0.2, 0.25) is 16.6 Å². The molecule has 1 aliphatic heterocycles. The molecule has 0 amide bonds. The predicted octanol–water partition coefficient (Wildman–Crippen LogP) is 4.87. The van der Waals surface area contributed by atoms with Crippen molar-refractivity contribution in [1.82, 2.24) is 0 Å². The van der Waals surface area contributed by atoms with Gasteiger partial charge in [0.05, 0.1) is 23.7 Å². The average Bonchev–Trinajstić information content (AvgIpc) is 2.74. The predicted molar refractivity (Wildman–Crippen MR) is 107 cm³/mol. The Morgan fingerprint density at radius 3 is 1.46 bits per heavy atom. The third-order valence-electron chi connectivity index (χ3n) is 6.52. The van der Waals surface area contributed by atoms with Crippen molar-refractivity contribution in [3.63, 3.8) is 0 Å². The van der Waals surface area contributed by atoms with Gasteiger partial charge in [-0.15, -0.1) is 0 Å². The molecule has 6 heteroatoms. The smallest absolute Gasteiger partial charge is 0.241 e.